The van der Waals surface area contributed by atoms with Crippen molar-refractivity contribution in [3.05, 3.63) is 29.6 Å². The Bertz CT molecular complexity index is 471. The van der Waals surface area contributed by atoms with E-state index in [0.717, 1.165) is 36.1 Å². The van der Waals surface area contributed by atoms with Gasteiger partial charge in [0.25, 0.3) is 0 Å². The lowest BCUT2D eigenvalue weighted by molar-refractivity contribution is 0.624. The van der Waals surface area contributed by atoms with E-state index in [1.54, 1.807) is 0 Å². The van der Waals surface area contributed by atoms with Crippen LogP contribution in [0.3, 0.4) is 0 Å². The summed E-state index contributed by atoms with van der Waals surface area (Å²) in [6.07, 6.45) is 3.33. The topological polar surface area (TPSA) is 54.7 Å². The van der Waals surface area contributed by atoms with E-state index in [0.29, 0.717) is 6.04 Å². The van der Waals surface area contributed by atoms with Crippen LogP contribution in [0.15, 0.2) is 18.2 Å². The molecule has 1 unspecified atom stereocenters. The molecular formula is C13H19N3. The van der Waals surface area contributed by atoms with Crippen LogP contribution in [0.5, 0.6) is 0 Å². The minimum Gasteiger partial charge on any atom is -0.342 e. The standard InChI is InChI=1S/C13H19N3/c1-9(14)4-3-5-11-6-7-12-13(8-11)16-10(2)15-12/h6-9H,3-5,14H2,1-2H3,(H,15,16). The van der Waals surface area contributed by atoms with Crippen LogP contribution in [0, 0.1) is 6.92 Å². The van der Waals surface area contributed by atoms with Gasteiger partial charge in [0.1, 0.15) is 5.82 Å². The van der Waals surface area contributed by atoms with Gasteiger partial charge in [-0.1, -0.05) is 6.07 Å². The van der Waals surface area contributed by atoms with Crippen molar-refractivity contribution in [1.29, 1.82) is 0 Å². The smallest absolute Gasteiger partial charge is 0.104 e. The zero-order chi connectivity index (χ0) is 11.5. The molecule has 1 atom stereocenters. The summed E-state index contributed by atoms with van der Waals surface area (Å²) in [7, 11) is 0. The van der Waals surface area contributed by atoms with Gasteiger partial charge in [0.15, 0.2) is 0 Å². The van der Waals surface area contributed by atoms with E-state index in [-0.39, 0.29) is 0 Å². The Hall–Kier alpha value is -1.35. The van der Waals surface area contributed by atoms with E-state index in [9.17, 15) is 0 Å². The van der Waals surface area contributed by atoms with Crippen molar-refractivity contribution in [2.24, 2.45) is 5.73 Å². The van der Waals surface area contributed by atoms with Crippen LogP contribution in [-0.2, 0) is 6.42 Å². The molecule has 0 amide bonds. The Morgan fingerprint density at radius 1 is 1.44 bits per heavy atom. The predicted molar refractivity (Wildman–Crippen MR) is 67.4 cm³/mol. The SMILES string of the molecule is Cc1nc2ccc(CCCC(C)N)cc2[nH]1. The number of nitrogens with zero attached hydrogens (tertiary/aromatic N) is 1. The summed E-state index contributed by atoms with van der Waals surface area (Å²) in [5, 5.41) is 0. The Balaban J connectivity index is 2.07. The predicted octanol–water partition coefficient (Wildman–Crippen LogP) is 2.54. The highest BCUT2D eigenvalue weighted by Crippen LogP contribution is 2.15. The van der Waals surface area contributed by atoms with Gasteiger partial charge in [-0.2, -0.15) is 0 Å². The molecule has 2 aromatic rings. The molecule has 1 aromatic carbocycles. The van der Waals surface area contributed by atoms with Gasteiger partial charge < -0.3 is 10.7 Å². The molecule has 0 saturated heterocycles. The molecule has 0 aliphatic heterocycles. The highest BCUT2D eigenvalue weighted by atomic mass is 14.9. The maximum atomic E-state index is 5.73. The number of nitrogens with one attached hydrogen (secondary N) is 1. The molecule has 1 heterocycles. The fourth-order valence-electron chi connectivity index (χ4n) is 1.97. The molecule has 3 heteroatoms. The summed E-state index contributed by atoms with van der Waals surface area (Å²) in [5.74, 6) is 0.975. The number of hydrogen-bond acceptors (Lipinski definition) is 2. The van der Waals surface area contributed by atoms with E-state index in [1.165, 1.54) is 5.56 Å². The molecule has 16 heavy (non-hydrogen) atoms. The number of hydrogen-bond donors (Lipinski definition) is 2. The first-order valence-electron chi connectivity index (χ1n) is 5.86. The summed E-state index contributed by atoms with van der Waals surface area (Å²) in [6.45, 7) is 4.04. The number of rotatable bonds is 4. The molecule has 3 N–H and O–H groups in total. The normalized spacial score (nSPS) is 13.2. The van der Waals surface area contributed by atoms with E-state index in [2.05, 4.69) is 35.1 Å². The zero-order valence-electron chi connectivity index (χ0n) is 9.96. The number of fused-ring (bicyclic) bond motifs is 1. The summed E-state index contributed by atoms with van der Waals surface area (Å²) < 4.78 is 0. The van der Waals surface area contributed by atoms with E-state index >= 15 is 0 Å². The minimum absolute atomic E-state index is 0.304. The zero-order valence-corrected chi connectivity index (χ0v) is 9.96. The number of nitrogens with two attached hydrogens (primary N) is 1. The van der Waals surface area contributed by atoms with Crippen molar-refractivity contribution in [1.82, 2.24) is 9.97 Å². The number of H-pyrrole nitrogens is 1. The molecule has 0 spiro atoms. The Labute approximate surface area is 96.1 Å². The van der Waals surface area contributed by atoms with Gasteiger partial charge in [0.05, 0.1) is 11.0 Å². The lowest BCUT2D eigenvalue weighted by Gasteiger charge is -2.04. The number of benzene rings is 1. The molecule has 0 saturated carbocycles. The third-order valence-electron chi connectivity index (χ3n) is 2.79. The lowest BCUT2D eigenvalue weighted by Crippen LogP contribution is -2.14. The quantitative estimate of drug-likeness (QED) is 0.827. The molecule has 86 valence electrons. The van der Waals surface area contributed by atoms with Crippen molar-refractivity contribution >= 4 is 11.0 Å². The highest BCUT2D eigenvalue weighted by molar-refractivity contribution is 5.75. The first-order valence-corrected chi connectivity index (χ1v) is 5.86. The van der Waals surface area contributed by atoms with Crippen LogP contribution in [0.25, 0.3) is 11.0 Å². The molecular weight excluding hydrogens is 198 g/mol. The van der Waals surface area contributed by atoms with Crippen LogP contribution in [-0.4, -0.2) is 16.0 Å². The van der Waals surface area contributed by atoms with Crippen LogP contribution >= 0.6 is 0 Å². The van der Waals surface area contributed by atoms with Gasteiger partial charge in [0.2, 0.25) is 0 Å². The molecule has 0 fully saturated rings. The summed E-state index contributed by atoms with van der Waals surface area (Å²) in [5.41, 5.74) is 9.28. The Morgan fingerprint density at radius 3 is 3.00 bits per heavy atom. The van der Waals surface area contributed by atoms with E-state index in [1.807, 2.05) is 6.92 Å². The number of aromatic nitrogens is 2. The second kappa shape index (κ2) is 4.66. The van der Waals surface area contributed by atoms with Crippen molar-refractivity contribution in [2.45, 2.75) is 39.2 Å². The molecule has 2 rings (SSSR count). The highest BCUT2D eigenvalue weighted by Gasteiger charge is 2.01. The van der Waals surface area contributed by atoms with Gasteiger partial charge in [0, 0.05) is 6.04 Å². The maximum Gasteiger partial charge on any atom is 0.104 e. The second-order valence-corrected chi connectivity index (χ2v) is 4.54. The van der Waals surface area contributed by atoms with Crippen LogP contribution in [0.4, 0.5) is 0 Å². The Morgan fingerprint density at radius 2 is 2.25 bits per heavy atom. The fraction of sp³-hybridized carbons (Fsp3) is 0.462. The second-order valence-electron chi connectivity index (χ2n) is 4.54. The van der Waals surface area contributed by atoms with Gasteiger partial charge in [-0.3, -0.25) is 0 Å². The molecule has 0 bridgehead atoms. The molecule has 1 aromatic heterocycles. The number of aryl methyl sites for hydroxylation is 2. The van der Waals surface area contributed by atoms with Crippen molar-refractivity contribution in [3.63, 3.8) is 0 Å². The monoisotopic (exact) mass is 217 g/mol. The van der Waals surface area contributed by atoms with Gasteiger partial charge in [-0.25, -0.2) is 4.98 Å². The third-order valence-corrected chi connectivity index (χ3v) is 2.79. The summed E-state index contributed by atoms with van der Waals surface area (Å²) >= 11 is 0. The summed E-state index contributed by atoms with van der Waals surface area (Å²) in [6, 6.07) is 6.73. The van der Waals surface area contributed by atoms with Gasteiger partial charge >= 0.3 is 0 Å². The van der Waals surface area contributed by atoms with Crippen molar-refractivity contribution in [3.8, 4) is 0 Å². The van der Waals surface area contributed by atoms with Crippen molar-refractivity contribution in [2.75, 3.05) is 0 Å². The summed E-state index contributed by atoms with van der Waals surface area (Å²) in [4.78, 5) is 7.65. The maximum absolute atomic E-state index is 5.73. The number of aromatic amines is 1. The third kappa shape index (κ3) is 2.61. The van der Waals surface area contributed by atoms with Crippen LogP contribution < -0.4 is 5.73 Å². The van der Waals surface area contributed by atoms with Crippen LogP contribution in [0.2, 0.25) is 0 Å². The molecule has 0 aliphatic carbocycles. The minimum atomic E-state index is 0.304. The molecule has 0 radical (unpaired) electrons. The average Bonchev–Trinajstić information content (AvgIpc) is 2.56. The first kappa shape index (κ1) is 11.1. The fourth-order valence-corrected chi connectivity index (χ4v) is 1.97. The van der Waals surface area contributed by atoms with Gasteiger partial charge in [-0.15, -0.1) is 0 Å². The Kier molecular flexibility index (Phi) is 3.25. The van der Waals surface area contributed by atoms with Crippen LogP contribution in [0.1, 0.15) is 31.2 Å². The average molecular weight is 217 g/mol. The number of imidazole rings is 1. The van der Waals surface area contributed by atoms with E-state index in [4.69, 9.17) is 5.73 Å². The first-order chi connectivity index (χ1) is 7.65. The molecule has 0 aliphatic rings. The van der Waals surface area contributed by atoms with E-state index < -0.39 is 0 Å². The van der Waals surface area contributed by atoms with Crippen molar-refractivity contribution < 1.29 is 0 Å². The molecule has 3 nitrogen and oxygen atoms in total. The lowest BCUT2D eigenvalue weighted by atomic mass is 10.1. The largest absolute Gasteiger partial charge is 0.342 e. The van der Waals surface area contributed by atoms with Gasteiger partial charge in [-0.05, 0) is 50.8 Å².